The van der Waals surface area contributed by atoms with Gasteiger partial charge >= 0.3 is 0 Å². The molecule has 0 aromatic heterocycles. The van der Waals surface area contributed by atoms with Crippen LogP contribution in [0.3, 0.4) is 0 Å². The van der Waals surface area contributed by atoms with Crippen molar-refractivity contribution in [3.63, 3.8) is 0 Å². The van der Waals surface area contributed by atoms with Crippen molar-refractivity contribution in [3.05, 3.63) is 64.2 Å². The fourth-order valence-electron chi connectivity index (χ4n) is 2.55. The first-order valence-corrected chi connectivity index (χ1v) is 8.91. The third-order valence-electron chi connectivity index (χ3n) is 3.99. The van der Waals surface area contributed by atoms with Gasteiger partial charge in [0, 0.05) is 23.4 Å². The molecule has 0 fully saturated rings. The molecule has 0 saturated carbocycles. The highest BCUT2D eigenvalue weighted by Gasteiger charge is 2.25. The molecule has 0 heterocycles. The van der Waals surface area contributed by atoms with Crippen LogP contribution in [0.4, 0.5) is 11.4 Å². The van der Waals surface area contributed by atoms with Crippen LogP contribution >= 0.6 is 0 Å². The number of anilines is 1. The van der Waals surface area contributed by atoms with Crippen molar-refractivity contribution in [1.82, 2.24) is 5.32 Å². The van der Waals surface area contributed by atoms with E-state index in [0.717, 1.165) is 0 Å². The van der Waals surface area contributed by atoms with E-state index in [-0.39, 0.29) is 11.6 Å². The predicted molar refractivity (Wildman–Crippen MR) is 105 cm³/mol. The van der Waals surface area contributed by atoms with E-state index in [1.165, 1.54) is 18.2 Å². The average Bonchev–Trinajstić information content (AvgIpc) is 2.66. The number of carbonyl (C=O) groups is 2. The lowest BCUT2D eigenvalue weighted by Gasteiger charge is -2.22. The van der Waals surface area contributed by atoms with Crippen LogP contribution in [0.2, 0.25) is 0 Å². The average molecular weight is 385 g/mol. The van der Waals surface area contributed by atoms with Crippen LogP contribution < -0.4 is 15.4 Å². The van der Waals surface area contributed by atoms with Gasteiger partial charge in [-0.1, -0.05) is 19.9 Å². The van der Waals surface area contributed by atoms with Crippen molar-refractivity contribution < 1.29 is 19.2 Å². The summed E-state index contributed by atoms with van der Waals surface area (Å²) in [6.45, 7) is 6.00. The van der Waals surface area contributed by atoms with E-state index < -0.39 is 22.8 Å². The van der Waals surface area contributed by atoms with Crippen molar-refractivity contribution in [3.8, 4) is 5.75 Å². The van der Waals surface area contributed by atoms with Crippen molar-refractivity contribution in [2.45, 2.75) is 26.8 Å². The zero-order chi connectivity index (χ0) is 20.7. The number of hydrogen-bond donors (Lipinski definition) is 2. The number of rotatable bonds is 8. The Kier molecular flexibility index (Phi) is 7.08. The summed E-state index contributed by atoms with van der Waals surface area (Å²) in [7, 11) is 0. The van der Waals surface area contributed by atoms with E-state index in [1.807, 2.05) is 6.92 Å². The summed E-state index contributed by atoms with van der Waals surface area (Å²) in [5, 5.41) is 16.2. The Morgan fingerprint density at radius 1 is 1.14 bits per heavy atom. The van der Waals surface area contributed by atoms with E-state index in [0.29, 0.717) is 23.6 Å². The van der Waals surface area contributed by atoms with Gasteiger partial charge in [-0.05, 0) is 43.2 Å². The van der Waals surface area contributed by atoms with Crippen molar-refractivity contribution in [2.75, 3.05) is 11.9 Å². The molecular weight excluding hydrogens is 362 g/mol. The maximum Gasteiger partial charge on any atom is 0.271 e. The smallest absolute Gasteiger partial charge is 0.271 e. The molecule has 8 nitrogen and oxygen atoms in total. The van der Waals surface area contributed by atoms with Gasteiger partial charge in [0.2, 0.25) is 5.91 Å². The molecule has 0 spiro atoms. The Balaban J connectivity index is 2.09. The molecule has 8 heteroatoms. The fourth-order valence-corrected chi connectivity index (χ4v) is 2.55. The number of non-ortho nitro benzene ring substituents is 1. The molecule has 0 saturated heterocycles. The Morgan fingerprint density at radius 2 is 1.82 bits per heavy atom. The van der Waals surface area contributed by atoms with Crippen LogP contribution in [-0.4, -0.2) is 29.4 Å². The lowest BCUT2D eigenvalue weighted by atomic mass is 10.0. The molecule has 2 aromatic rings. The van der Waals surface area contributed by atoms with Crippen LogP contribution in [-0.2, 0) is 4.79 Å². The van der Waals surface area contributed by atoms with Gasteiger partial charge in [-0.2, -0.15) is 0 Å². The zero-order valence-corrected chi connectivity index (χ0v) is 16.0. The van der Waals surface area contributed by atoms with Crippen LogP contribution in [0, 0.1) is 16.0 Å². The summed E-state index contributed by atoms with van der Waals surface area (Å²) >= 11 is 0. The van der Waals surface area contributed by atoms with Gasteiger partial charge in [0.05, 0.1) is 11.5 Å². The van der Waals surface area contributed by atoms with Gasteiger partial charge in [-0.25, -0.2) is 0 Å². The first-order valence-electron chi connectivity index (χ1n) is 8.91. The number of carbonyl (C=O) groups excluding carboxylic acids is 2. The van der Waals surface area contributed by atoms with Crippen LogP contribution in [0.1, 0.15) is 31.1 Å². The minimum Gasteiger partial charge on any atom is -0.494 e. The number of nitro benzene ring substituents is 1. The minimum absolute atomic E-state index is 0.127. The van der Waals surface area contributed by atoms with E-state index >= 15 is 0 Å². The number of hydrogen-bond acceptors (Lipinski definition) is 5. The lowest BCUT2D eigenvalue weighted by molar-refractivity contribution is -0.384. The Labute approximate surface area is 163 Å². The van der Waals surface area contributed by atoms with Crippen molar-refractivity contribution in [2.24, 2.45) is 5.92 Å². The minimum atomic E-state index is -0.807. The number of nitrogens with one attached hydrogen (secondary N) is 2. The summed E-state index contributed by atoms with van der Waals surface area (Å²) in [4.78, 5) is 35.5. The number of amides is 2. The standard InChI is InChI=1S/C20H23N3O5/c1-4-28-17-10-8-14(9-11-17)19(24)22-18(13(2)3)20(25)21-15-6-5-7-16(12-15)23(26)27/h5-13,18H,4H2,1-3H3,(H,21,25)(H,22,24)/t18-/m0/s1. The third-order valence-corrected chi connectivity index (χ3v) is 3.99. The number of ether oxygens (including phenoxy) is 1. The highest BCUT2D eigenvalue weighted by molar-refractivity contribution is 6.01. The Bertz CT molecular complexity index is 849. The molecule has 1 atom stereocenters. The summed E-state index contributed by atoms with van der Waals surface area (Å²) in [6.07, 6.45) is 0. The van der Waals surface area contributed by atoms with Gasteiger partial charge in [0.1, 0.15) is 11.8 Å². The molecule has 28 heavy (non-hydrogen) atoms. The quantitative estimate of drug-likeness (QED) is 0.534. The SMILES string of the molecule is CCOc1ccc(C(=O)N[C@H](C(=O)Nc2cccc([N+](=O)[O-])c2)C(C)C)cc1. The Morgan fingerprint density at radius 3 is 2.39 bits per heavy atom. The number of nitro groups is 1. The summed E-state index contributed by atoms with van der Waals surface area (Å²) in [5.74, 6) is -0.376. The molecule has 0 aliphatic heterocycles. The van der Waals surface area contributed by atoms with E-state index in [4.69, 9.17) is 4.74 Å². The molecule has 2 rings (SSSR count). The summed E-state index contributed by atoms with van der Waals surface area (Å²) in [5.41, 5.74) is 0.565. The number of nitrogens with zero attached hydrogens (tertiary/aromatic N) is 1. The van der Waals surface area contributed by atoms with Crippen LogP contribution in [0.15, 0.2) is 48.5 Å². The van der Waals surface area contributed by atoms with Crippen LogP contribution in [0.25, 0.3) is 0 Å². The maximum atomic E-state index is 12.6. The van der Waals surface area contributed by atoms with Gasteiger partial charge in [0.15, 0.2) is 0 Å². The third kappa shape index (κ3) is 5.54. The molecule has 0 unspecified atom stereocenters. The second kappa shape index (κ2) is 9.50. The van der Waals surface area contributed by atoms with E-state index in [1.54, 1.807) is 44.2 Å². The molecule has 0 aliphatic carbocycles. The molecule has 148 valence electrons. The van der Waals surface area contributed by atoms with Crippen molar-refractivity contribution >= 4 is 23.2 Å². The first-order chi connectivity index (χ1) is 13.3. The number of benzene rings is 2. The fraction of sp³-hybridized carbons (Fsp3) is 0.300. The van der Waals surface area contributed by atoms with Gasteiger partial charge in [-0.3, -0.25) is 19.7 Å². The van der Waals surface area contributed by atoms with Gasteiger partial charge < -0.3 is 15.4 Å². The van der Waals surface area contributed by atoms with E-state index in [9.17, 15) is 19.7 Å². The molecular formula is C20H23N3O5. The largest absolute Gasteiger partial charge is 0.494 e. The molecule has 2 aromatic carbocycles. The highest BCUT2D eigenvalue weighted by atomic mass is 16.6. The Hall–Kier alpha value is -3.42. The molecule has 2 amide bonds. The summed E-state index contributed by atoms with van der Waals surface area (Å²) < 4.78 is 5.35. The van der Waals surface area contributed by atoms with Crippen molar-refractivity contribution in [1.29, 1.82) is 0 Å². The molecule has 0 bridgehead atoms. The van der Waals surface area contributed by atoms with Gasteiger partial charge in [-0.15, -0.1) is 0 Å². The summed E-state index contributed by atoms with van der Waals surface area (Å²) in [6, 6.07) is 11.4. The van der Waals surface area contributed by atoms with Crippen LogP contribution in [0.5, 0.6) is 5.75 Å². The zero-order valence-electron chi connectivity index (χ0n) is 16.0. The normalized spacial score (nSPS) is 11.6. The van der Waals surface area contributed by atoms with Gasteiger partial charge in [0.25, 0.3) is 11.6 Å². The predicted octanol–water partition coefficient (Wildman–Crippen LogP) is 3.39. The molecule has 0 aliphatic rings. The molecule has 2 N–H and O–H groups in total. The first kappa shape index (κ1) is 20.9. The highest BCUT2D eigenvalue weighted by Crippen LogP contribution is 2.18. The molecule has 0 radical (unpaired) electrons. The second-order valence-corrected chi connectivity index (χ2v) is 6.45. The topological polar surface area (TPSA) is 111 Å². The maximum absolute atomic E-state index is 12.6. The lowest BCUT2D eigenvalue weighted by Crippen LogP contribution is -2.47. The monoisotopic (exact) mass is 385 g/mol. The van der Waals surface area contributed by atoms with E-state index in [2.05, 4.69) is 10.6 Å². The second-order valence-electron chi connectivity index (χ2n) is 6.45.